The highest BCUT2D eigenvalue weighted by Crippen LogP contribution is 2.16. The van der Waals surface area contributed by atoms with Crippen LogP contribution in [0.15, 0.2) is 51.8 Å². The summed E-state index contributed by atoms with van der Waals surface area (Å²) >= 11 is 1.37. The molecule has 0 fully saturated rings. The number of carbonyl (C=O) groups is 3. The molecule has 0 saturated heterocycles. The number of rotatable bonds is 6. The lowest BCUT2D eigenvalue weighted by atomic mass is 9.96. The SMILES string of the molecule is O=C(NCCCNC(=O)c1cccs1)C1=NC(=O)C2C=CC=CC2=N1. The molecule has 0 saturated carbocycles. The second-order valence-electron chi connectivity index (χ2n) is 5.37. The molecular weight excluding hydrogens is 340 g/mol. The van der Waals surface area contributed by atoms with E-state index in [1.165, 1.54) is 11.3 Å². The highest BCUT2D eigenvalue weighted by Gasteiger charge is 2.28. The number of thiophene rings is 1. The summed E-state index contributed by atoms with van der Waals surface area (Å²) in [6.45, 7) is 0.785. The normalized spacial score (nSPS) is 18.2. The summed E-state index contributed by atoms with van der Waals surface area (Å²) in [5, 5.41) is 7.27. The Hall–Kier alpha value is -2.87. The van der Waals surface area contributed by atoms with Crippen LogP contribution in [0.1, 0.15) is 16.1 Å². The number of fused-ring (bicyclic) bond motifs is 1. The van der Waals surface area contributed by atoms with Crippen LogP contribution in [0, 0.1) is 5.92 Å². The summed E-state index contributed by atoms with van der Waals surface area (Å²) in [6, 6.07) is 3.57. The number of carbonyl (C=O) groups excluding carboxylic acids is 3. The zero-order chi connectivity index (χ0) is 17.6. The van der Waals surface area contributed by atoms with Gasteiger partial charge in [0.15, 0.2) is 0 Å². The van der Waals surface area contributed by atoms with Crippen LogP contribution >= 0.6 is 11.3 Å². The van der Waals surface area contributed by atoms with E-state index in [0.717, 1.165) is 0 Å². The van der Waals surface area contributed by atoms with Gasteiger partial charge in [-0.15, -0.1) is 11.3 Å². The summed E-state index contributed by atoms with van der Waals surface area (Å²) in [4.78, 5) is 44.3. The molecular formula is C17H16N4O3S. The number of amides is 3. The number of allylic oxidation sites excluding steroid dienone is 3. The predicted molar refractivity (Wildman–Crippen MR) is 95.9 cm³/mol. The summed E-state index contributed by atoms with van der Waals surface area (Å²) in [7, 11) is 0. The van der Waals surface area contributed by atoms with Crippen LogP contribution in [0.4, 0.5) is 0 Å². The number of hydrogen-bond acceptors (Lipinski definition) is 5. The van der Waals surface area contributed by atoms with Crippen LogP contribution < -0.4 is 10.6 Å². The third-order valence-electron chi connectivity index (χ3n) is 3.59. The maximum Gasteiger partial charge on any atom is 0.289 e. The second-order valence-corrected chi connectivity index (χ2v) is 6.32. The van der Waals surface area contributed by atoms with E-state index >= 15 is 0 Å². The molecule has 0 radical (unpaired) electrons. The Kier molecular flexibility index (Phi) is 5.30. The Bertz CT molecular complexity index is 806. The van der Waals surface area contributed by atoms with Gasteiger partial charge < -0.3 is 10.6 Å². The van der Waals surface area contributed by atoms with E-state index in [2.05, 4.69) is 20.6 Å². The molecule has 1 aliphatic carbocycles. The van der Waals surface area contributed by atoms with Crippen molar-refractivity contribution in [1.29, 1.82) is 0 Å². The van der Waals surface area contributed by atoms with Crippen molar-refractivity contribution in [3.63, 3.8) is 0 Å². The number of nitrogens with one attached hydrogen (secondary N) is 2. The largest absolute Gasteiger partial charge is 0.351 e. The smallest absolute Gasteiger partial charge is 0.289 e. The first-order chi connectivity index (χ1) is 12.1. The molecule has 3 amide bonds. The molecule has 2 aliphatic rings. The van der Waals surface area contributed by atoms with Gasteiger partial charge in [0.2, 0.25) is 5.84 Å². The quantitative estimate of drug-likeness (QED) is 0.747. The molecule has 1 unspecified atom stereocenters. The summed E-state index contributed by atoms with van der Waals surface area (Å²) < 4.78 is 0. The topological polar surface area (TPSA) is 100.0 Å². The van der Waals surface area contributed by atoms with Crippen LogP contribution in [-0.4, -0.2) is 42.4 Å². The maximum absolute atomic E-state index is 12.1. The van der Waals surface area contributed by atoms with Crippen LogP contribution in [0.5, 0.6) is 0 Å². The average molecular weight is 356 g/mol. The minimum atomic E-state index is -0.494. The van der Waals surface area contributed by atoms with Gasteiger partial charge in [-0.2, -0.15) is 4.99 Å². The molecule has 8 heteroatoms. The van der Waals surface area contributed by atoms with E-state index in [0.29, 0.717) is 30.1 Å². The van der Waals surface area contributed by atoms with E-state index < -0.39 is 11.8 Å². The molecule has 2 heterocycles. The van der Waals surface area contributed by atoms with Crippen molar-refractivity contribution >= 4 is 40.6 Å². The fourth-order valence-electron chi connectivity index (χ4n) is 2.34. The van der Waals surface area contributed by atoms with Crippen molar-refractivity contribution in [3.8, 4) is 0 Å². The Morgan fingerprint density at radius 2 is 1.92 bits per heavy atom. The highest BCUT2D eigenvalue weighted by atomic mass is 32.1. The number of aliphatic imine (C=N–C) groups is 2. The molecule has 1 aliphatic heterocycles. The van der Waals surface area contributed by atoms with E-state index in [9.17, 15) is 14.4 Å². The molecule has 1 aromatic heterocycles. The minimum absolute atomic E-state index is 0.126. The fourth-order valence-corrected chi connectivity index (χ4v) is 2.98. The molecule has 1 atom stereocenters. The van der Waals surface area contributed by atoms with Gasteiger partial charge in [0.25, 0.3) is 17.7 Å². The van der Waals surface area contributed by atoms with Gasteiger partial charge in [0.05, 0.1) is 10.6 Å². The van der Waals surface area contributed by atoms with Crippen molar-refractivity contribution in [2.45, 2.75) is 6.42 Å². The molecule has 0 bridgehead atoms. The molecule has 2 N–H and O–H groups in total. The lowest BCUT2D eigenvalue weighted by Gasteiger charge is -2.17. The van der Waals surface area contributed by atoms with Gasteiger partial charge >= 0.3 is 0 Å². The number of amidine groups is 1. The molecule has 7 nitrogen and oxygen atoms in total. The standard InChI is InChI=1S/C17H16N4O3S/c22-15-11-5-1-2-6-12(11)20-14(21-15)17(24)19-9-4-8-18-16(23)13-7-3-10-25-13/h1-3,5-7,10-11H,4,8-9H2,(H,18,23)(H,19,24). The van der Waals surface area contributed by atoms with E-state index in [-0.39, 0.29) is 17.6 Å². The number of nitrogens with zero attached hydrogens (tertiary/aromatic N) is 2. The Balaban J connectivity index is 1.43. The molecule has 3 rings (SSSR count). The van der Waals surface area contributed by atoms with Crippen molar-refractivity contribution < 1.29 is 14.4 Å². The van der Waals surface area contributed by atoms with E-state index in [1.807, 2.05) is 11.4 Å². The van der Waals surface area contributed by atoms with Gasteiger partial charge in [0, 0.05) is 13.1 Å². The van der Waals surface area contributed by atoms with E-state index in [1.54, 1.807) is 30.4 Å². The second kappa shape index (κ2) is 7.80. The molecule has 128 valence electrons. The molecule has 25 heavy (non-hydrogen) atoms. The van der Waals surface area contributed by atoms with Crippen molar-refractivity contribution in [3.05, 3.63) is 46.7 Å². The molecule has 0 spiro atoms. The van der Waals surface area contributed by atoms with Gasteiger partial charge in [-0.1, -0.05) is 24.3 Å². The van der Waals surface area contributed by atoms with Crippen LogP contribution in [0.2, 0.25) is 0 Å². The van der Waals surface area contributed by atoms with Crippen LogP contribution in [-0.2, 0) is 9.59 Å². The van der Waals surface area contributed by atoms with Gasteiger partial charge in [-0.05, 0) is 23.9 Å². The first-order valence-corrected chi connectivity index (χ1v) is 8.69. The Morgan fingerprint density at radius 1 is 1.12 bits per heavy atom. The van der Waals surface area contributed by atoms with Gasteiger partial charge in [0.1, 0.15) is 5.92 Å². The minimum Gasteiger partial charge on any atom is -0.351 e. The van der Waals surface area contributed by atoms with Crippen molar-refractivity contribution in [1.82, 2.24) is 10.6 Å². The summed E-state index contributed by atoms with van der Waals surface area (Å²) in [5.41, 5.74) is 0.524. The van der Waals surface area contributed by atoms with Crippen LogP contribution in [0.25, 0.3) is 0 Å². The zero-order valence-corrected chi connectivity index (χ0v) is 14.1. The van der Waals surface area contributed by atoms with Gasteiger partial charge in [-0.3, -0.25) is 14.4 Å². The van der Waals surface area contributed by atoms with Crippen molar-refractivity contribution in [2.24, 2.45) is 15.9 Å². The summed E-state index contributed by atoms with van der Waals surface area (Å²) in [6.07, 6.45) is 7.48. The van der Waals surface area contributed by atoms with Crippen LogP contribution in [0.3, 0.4) is 0 Å². The monoisotopic (exact) mass is 356 g/mol. The Labute approximate surface area is 148 Å². The molecule has 1 aromatic rings. The zero-order valence-electron chi connectivity index (χ0n) is 13.3. The lowest BCUT2D eigenvalue weighted by molar-refractivity contribution is -0.119. The maximum atomic E-state index is 12.1. The van der Waals surface area contributed by atoms with Crippen molar-refractivity contribution in [2.75, 3.05) is 13.1 Å². The number of hydrogen-bond donors (Lipinski definition) is 2. The Morgan fingerprint density at radius 3 is 2.68 bits per heavy atom. The predicted octanol–water partition coefficient (Wildman–Crippen LogP) is 1.11. The molecule has 0 aromatic carbocycles. The highest BCUT2D eigenvalue weighted by molar-refractivity contribution is 7.12. The third kappa shape index (κ3) is 4.16. The first-order valence-electron chi connectivity index (χ1n) is 7.81. The third-order valence-corrected chi connectivity index (χ3v) is 4.46. The first kappa shape index (κ1) is 17.0. The lowest BCUT2D eigenvalue weighted by Crippen LogP contribution is -2.37. The fraction of sp³-hybridized carbons (Fsp3) is 0.235. The summed E-state index contributed by atoms with van der Waals surface area (Å²) in [5.74, 6) is -1.63. The van der Waals surface area contributed by atoms with E-state index in [4.69, 9.17) is 0 Å². The average Bonchev–Trinajstić information content (AvgIpc) is 3.16. The van der Waals surface area contributed by atoms with Gasteiger partial charge in [-0.25, -0.2) is 4.99 Å².